The van der Waals surface area contributed by atoms with Gasteiger partial charge in [-0.15, -0.1) is 11.3 Å². The molecule has 3 N–H and O–H groups in total. The maximum absolute atomic E-state index is 11.5. The summed E-state index contributed by atoms with van der Waals surface area (Å²) < 4.78 is 4.92. The van der Waals surface area contributed by atoms with E-state index in [9.17, 15) is 4.79 Å². The first-order chi connectivity index (χ1) is 9.20. The number of thiophene rings is 1. The van der Waals surface area contributed by atoms with Crippen LogP contribution in [0, 0.1) is 0 Å². The summed E-state index contributed by atoms with van der Waals surface area (Å²) in [5.74, 6) is -0.320. The minimum atomic E-state index is -0.561. The minimum Gasteiger partial charge on any atom is -0.465 e. The van der Waals surface area contributed by atoms with Gasteiger partial charge in [0, 0.05) is 37.5 Å². The average Bonchev–Trinajstić information content (AvgIpc) is 2.88. The lowest BCUT2D eigenvalue weighted by Crippen LogP contribution is -2.43. The zero-order valence-electron chi connectivity index (χ0n) is 11.2. The number of carbonyl (C=O) groups is 1. The fraction of sp³-hybridized carbons (Fsp3) is 0.615. The van der Waals surface area contributed by atoms with Crippen LogP contribution in [0.2, 0.25) is 0 Å². The standard InChI is InChI=1S/C13H21N3O2S/c1-2-18-13(17)11(14)9-10-3-4-12(19-10)16-7-5-15-6-8-16/h3-4,11,15H,2,5-9,14H2,1H3. The first-order valence-electron chi connectivity index (χ1n) is 6.67. The second kappa shape index (κ2) is 6.88. The molecule has 1 aliphatic rings. The smallest absolute Gasteiger partial charge is 0.323 e. The number of rotatable bonds is 5. The van der Waals surface area contributed by atoms with E-state index in [0.717, 1.165) is 31.1 Å². The van der Waals surface area contributed by atoms with E-state index >= 15 is 0 Å². The number of nitrogens with one attached hydrogen (secondary N) is 1. The van der Waals surface area contributed by atoms with E-state index < -0.39 is 6.04 Å². The number of carbonyl (C=O) groups excluding carboxylic acids is 1. The van der Waals surface area contributed by atoms with Crippen molar-refractivity contribution in [3.8, 4) is 0 Å². The summed E-state index contributed by atoms with van der Waals surface area (Å²) in [6, 6.07) is 3.61. The fourth-order valence-electron chi connectivity index (χ4n) is 2.08. The molecule has 2 rings (SSSR count). The van der Waals surface area contributed by atoms with Crippen LogP contribution < -0.4 is 16.0 Å². The van der Waals surface area contributed by atoms with Crippen LogP contribution in [-0.4, -0.2) is 44.8 Å². The predicted octanol–water partition coefficient (Wildman–Crippen LogP) is 0.591. The second-order valence-electron chi connectivity index (χ2n) is 4.54. The predicted molar refractivity (Wildman–Crippen MR) is 77.7 cm³/mol. The topological polar surface area (TPSA) is 67.6 Å². The van der Waals surface area contributed by atoms with Gasteiger partial charge in [-0.2, -0.15) is 0 Å². The Bertz CT molecular complexity index is 416. The molecule has 1 aliphatic heterocycles. The maximum atomic E-state index is 11.5. The summed E-state index contributed by atoms with van der Waals surface area (Å²) in [5.41, 5.74) is 5.83. The third-order valence-corrected chi connectivity index (χ3v) is 4.25. The Kier molecular flexibility index (Phi) is 5.18. The van der Waals surface area contributed by atoms with Crippen molar-refractivity contribution in [2.75, 3.05) is 37.7 Å². The van der Waals surface area contributed by atoms with Crippen LogP contribution in [0.5, 0.6) is 0 Å². The zero-order chi connectivity index (χ0) is 13.7. The molecule has 0 saturated carbocycles. The Morgan fingerprint density at radius 2 is 2.26 bits per heavy atom. The molecule has 19 heavy (non-hydrogen) atoms. The number of anilines is 1. The third kappa shape index (κ3) is 3.92. The van der Waals surface area contributed by atoms with Crippen LogP contribution >= 0.6 is 11.3 Å². The molecule has 1 fully saturated rings. The summed E-state index contributed by atoms with van der Waals surface area (Å²) in [7, 11) is 0. The van der Waals surface area contributed by atoms with Gasteiger partial charge >= 0.3 is 5.97 Å². The van der Waals surface area contributed by atoms with Crippen molar-refractivity contribution in [1.29, 1.82) is 0 Å². The molecule has 0 radical (unpaired) electrons. The van der Waals surface area contributed by atoms with Gasteiger partial charge in [0.25, 0.3) is 0 Å². The van der Waals surface area contributed by atoms with E-state index in [0.29, 0.717) is 13.0 Å². The Morgan fingerprint density at radius 3 is 2.95 bits per heavy atom. The number of ether oxygens (including phenoxy) is 1. The number of esters is 1. The van der Waals surface area contributed by atoms with Crippen molar-refractivity contribution in [3.05, 3.63) is 17.0 Å². The molecule has 2 heterocycles. The zero-order valence-corrected chi connectivity index (χ0v) is 12.0. The van der Waals surface area contributed by atoms with Crippen LogP contribution in [0.1, 0.15) is 11.8 Å². The van der Waals surface area contributed by atoms with E-state index in [2.05, 4.69) is 22.3 Å². The fourth-order valence-corrected chi connectivity index (χ4v) is 3.20. The number of piperazine rings is 1. The van der Waals surface area contributed by atoms with E-state index in [1.54, 1.807) is 18.3 Å². The van der Waals surface area contributed by atoms with Crippen LogP contribution in [0.3, 0.4) is 0 Å². The van der Waals surface area contributed by atoms with Crippen molar-refractivity contribution in [2.24, 2.45) is 5.73 Å². The SMILES string of the molecule is CCOC(=O)C(N)Cc1ccc(N2CCNCC2)s1. The van der Waals surface area contributed by atoms with Crippen LogP contribution in [-0.2, 0) is 16.0 Å². The summed E-state index contributed by atoms with van der Waals surface area (Å²) >= 11 is 1.71. The molecule has 0 aliphatic carbocycles. The van der Waals surface area contributed by atoms with Gasteiger partial charge < -0.3 is 20.7 Å². The van der Waals surface area contributed by atoms with Crippen molar-refractivity contribution in [3.63, 3.8) is 0 Å². The highest BCUT2D eigenvalue weighted by atomic mass is 32.1. The molecule has 1 aromatic rings. The van der Waals surface area contributed by atoms with E-state index in [1.165, 1.54) is 5.00 Å². The van der Waals surface area contributed by atoms with Crippen LogP contribution in [0.25, 0.3) is 0 Å². The summed E-state index contributed by atoms with van der Waals surface area (Å²) in [6.07, 6.45) is 0.551. The summed E-state index contributed by atoms with van der Waals surface area (Å²) in [4.78, 5) is 15.0. The van der Waals surface area contributed by atoms with Gasteiger partial charge in [0.1, 0.15) is 6.04 Å². The normalized spacial score (nSPS) is 17.3. The van der Waals surface area contributed by atoms with Crippen molar-refractivity contribution in [2.45, 2.75) is 19.4 Å². The van der Waals surface area contributed by atoms with Gasteiger partial charge in [-0.3, -0.25) is 4.79 Å². The first kappa shape index (κ1) is 14.3. The molecular weight excluding hydrogens is 262 g/mol. The highest BCUT2D eigenvalue weighted by molar-refractivity contribution is 7.16. The molecule has 1 atom stereocenters. The number of hydrogen-bond donors (Lipinski definition) is 2. The number of hydrogen-bond acceptors (Lipinski definition) is 6. The largest absolute Gasteiger partial charge is 0.465 e. The molecule has 1 saturated heterocycles. The molecule has 106 valence electrons. The molecule has 6 heteroatoms. The first-order valence-corrected chi connectivity index (χ1v) is 7.49. The second-order valence-corrected chi connectivity index (χ2v) is 5.69. The highest BCUT2D eigenvalue weighted by Gasteiger charge is 2.18. The van der Waals surface area contributed by atoms with Crippen molar-refractivity contribution < 1.29 is 9.53 Å². The quantitative estimate of drug-likeness (QED) is 0.774. The van der Waals surface area contributed by atoms with Crippen molar-refractivity contribution >= 4 is 22.3 Å². The number of nitrogens with two attached hydrogens (primary N) is 1. The van der Waals surface area contributed by atoms with Gasteiger partial charge in [-0.05, 0) is 19.1 Å². The third-order valence-electron chi connectivity index (χ3n) is 3.09. The molecule has 0 spiro atoms. The molecule has 0 bridgehead atoms. The molecule has 1 unspecified atom stereocenters. The molecule has 0 aromatic carbocycles. The monoisotopic (exact) mass is 283 g/mol. The Balaban J connectivity index is 1.91. The minimum absolute atomic E-state index is 0.320. The van der Waals surface area contributed by atoms with Crippen LogP contribution in [0.15, 0.2) is 12.1 Å². The van der Waals surface area contributed by atoms with Crippen molar-refractivity contribution in [1.82, 2.24) is 5.32 Å². The van der Waals surface area contributed by atoms with E-state index in [4.69, 9.17) is 10.5 Å². The summed E-state index contributed by atoms with van der Waals surface area (Å²) in [5, 5.41) is 4.59. The van der Waals surface area contributed by atoms with Gasteiger partial charge in [0.05, 0.1) is 11.6 Å². The van der Waals surface area contributed by atoms with E-state index in [-0.39, 0.29) is 5.97 Å². The lowest BCUT2D eigenvalue weighted by atomic mass is 10.2. The molecular formula is C13H21N3O2S. The lowest BCUT2D eigenvalue weighted by molar-refractivity contribution is -0.144. The Labute approximate surface area is 117 Å². The molecule has 1 aromatic heterocycles. The average molecular weight is 283 g/mol. The van der Waals surface area contributed by atoms with Crippen LogP contribution in [0.4, 0.5) is 5.00 Å². The highest BCUT2D eigenvalue weighted by Crippen LogP contribution is 2.27. The van der Waals surface area contributed by atoms with Gasteiger partial charge in [0.2, 0.25) is 0 Å². The summed E-state index contributed by atoms with van der Waals surface area (Å²) in [6.45, 7) is 6.28. The number of nitrogens with zero attached hydrogens (tertiary/aromatic N) is 1. The van der Waals surface area contributed by atoms with Gasteiger partial charge in [-0.25, -0.2) is 0 Å². The van der Waals surface area contributed by atoms with Gasteiger partial charge in [-0.1, -0.05) is 0 Å². The van der Waals surface area contributed by atoms with E-state index in [1.807, 2.05) is 0 Å². The Morgan fingerprint density at radius 1 is 1.53 bits per heavy atom. The molecule has 0 amide bonds. The maximum Gasteiger partial charge on any atom is 0.323 e. The Hall–Kier alpha value is -1.11. The lowest BCUT2D eigenvalue weighted by Gasteiger charge is -2.27. The van der Waals surface area contributed by atoms with Gasteiger partial charge in [0.15, 0.2) is 0 Å². The molecule has 5 nitrogen and oxygen atoms in total.